The van der Waals surface area contributed by atoms with Crippen LogP contribution in [0.25, 0.3) is 0 Å². The molecule has 0 radical (unpaired) electrons. The van der Waals surface area contributed by atoms with Crippen LogP contribution in [-0.2, 0) is 4.79 Å². The van der Waals surface area contributed by atoms with Crippen LogP contribution in [-0.4, -0.2) is 23.7 Å². The van der Waals surface area contributed by atoms with E-state index in [1.165, 1.54) is 12.1 Å². The number of halogens is 2. The smallest absolute Gasteiger partial charge is 0.319 e. The lowest BCUT2D eigenvalue weighted by molar-refractivity contribution is -0.141. The molecule has 0 bridgehead atoms. The molecule has 0 saturated carbocycles. The maximum atomic E-state index is 12.9. The standard InChI is InChI=1S/C12H14ClFN2O3/c1-2-7(11(17)18)6-15-12(19)16-8-3-4-10(14)9(13)5-8/h3-5,7H,2,6H2,1H3,(H,17,18)(H2,15,16,19). The number of nitrogens with one attached hydrogen (secondary N) is 2. The summed E-state index contributed by atoms with van der Waals surface area (Å²) >= 11 is 5.56. The zero-order valence-electron chi connectivity index (χ0n) is 10.2. The number of carboxylic acids is 1. The number of carbonyl (C=O) groups excluding carboxylic acids is 1. The number of carbonyl (C=O) groups is 2. The first-order chi connectivity index (χ1) is 8.93. The highest BCUT2D eigenvalue weighted by Crippen LogP contribution is 2.19. The molecule has 3 N–H and O–H groups in total. The van der Waals surface area contributed by atoms with E-state index in [-0.39, 0.29) is 11.6 Å². The summed E-state index contributed by atoms with van der Waals surface area (Å²) in [7, 11) is 0. The van der Waals surface area contributed by atoms with Crippen molar-refractivity contribution in [2.45, 2.75) is 13.3 Å². The maximum Gasteiger partial charge on any atom is 0.319 e. The lowest BCUT2D eigenvalue weighted by Gasteiger charge is -2.12. The molecule has 104 valence electrons. The van der Waals surface area contributed by atoms with Crippen molar-refractivity contribution in [2.75, 3.05) is 11.9 Å². The summed E-state index contributed by atoms with van der Waals surface area (Å²) in [5.74, 6) is -2.18. The van der Waals surface area contributed by atoms with E-state index < -0.39 is 23.7 Å². The summed E-state index contributed by atoms with van der Waals surface area (Å²) in [6.45, 7) is 1.74. The Morgan fingerprint density at radius 2 is 2.16 bits per heavy atom. The van der Waals surface area contributed by atoms with Crippen LogP contribution in [0, 0.1) is 11.7 Å². The summed E-state index contributed by atoms with van der Waals surface area (Å²) in [4.78, 5) is 22.3. The number of urea groups is 1. The quantitative estimate of drug-likeness (QED) is 0.779. The molecular weight excluding hydrogens is 275 g/mol. The van der Waals surface area contributed by atoms with Crippen LogP contribution in [0.4, 0.5) is 14.9 Å². The van der Waals surface area contributed by atoms with E-state index in [2.05, 4.69) is 10.6 Å². The first kappa shape index (κ1) is 15.2. The Kier molecular flexibility index (Phi) is 5.57. The normalized spacial score (nSPS) is 11.7. The van der Waals surface area contributed by atoms with Gasteiger partial charge in [0.1, 0.15) is 5.82 Å². The molecule has 19 heavy (non-hydrogen) atoms. The lowest BCUT2D eigenvalue weighted by atomic mass is 10.1. The van der Waals surface area contributed by atoms with Crippen LogP contribution in [0.15, 0.2) is 18.2 Å². The average molecular weight is 289 g/mol. The molecule has 1 rings (SSSR count). The predicted molar refractivity (Wildman–Crippen MR) is 69.8 cm³/mol. The molecule has 1 aromatic rings. The predicted octanol–water partition coefficient (Wildman–Crippen LogP) is 2.71. The van der Waals surface area contributed by atoms with Gasteiger partial charge in [-0.3, -0.25) is 4.79 Å². The molecule has 0 heterocycles. The minimum Gasteiger partial charge on any atom is -0.481 e. The molecule has 1 atom stereocenters. The van der Waals surface area contributed by atoms with Crippen molar-refractivity contribution in [3.8, 4) is 0 Å². The third-order valence-corrected chi connectivity index (χ3v) is 2.82. The second-order valence-corrected chi connectivity index (χ2v) is 4.31. The van der Waals surface area contributed by atoms with E-state index in [9.17, 15) is 14.0 Å². The summed E-state index contributed by atoms with van der Waals surface area (Å²) in [6, 6.07) is 3.19. The molecule has 0 saturated heterocycles. The van der Waals surface area contributed by atoms with Gasteiger partial charge in [0.05, 0.1) is 10.9 Å². The van der Waals surface area contributed by atoms with Crippen molar-refractivity contribution >= 4 is 29.3 Å². The summed E-state index contributed by atoms with van der Waals surface area (Å²) in [5, 5.41) is 13.6. The molecule has 0 aliphatic carbocycles. The van der Waals surface area contributed by atoms with Gasteiger partial charge in [-0.2, -0.15) is 0 Å². The molecule has 0 fully saturated rings. The highest BCUT2D eigenvalue weighted by atomic mass is 35.5. The zero-order chi connectivity index (χ0) is 14.4. The van der Waals surface area contributed by atoms with E-state index in [1.54, 1.807) is 6.92 Å². The van der Waals surface area contributed by atoms with Gasteiger partial charge in [0.15, 0.2) is 0 Å². The van der Waals surface area contributed by atoms with Gasteiger partial charge in [-0.25, -0.2) is 9.18 Å². The zero-order valence-corrected chi connectivity index (χ0v) is 11.0. The molecule has 1 unspecified atom stereocenters. The number of amides is 2. The molecule has 0 aliphatic rings. The summed E-state index contributed by atoms with van der Waals surface area (Å²) in [5.41, 5.74) is 0.326. The van der Waals surface area contributed by atoms with Gasteiger partial charge in [-0.1, -0.05) is 18.5 Å². The lowest BCUT2D eigenvalue weighted by Crippen LogP contribution is -2.35. The van der Waals surface area contributed by atoms with Gasteiger partial charge in [-0.15, -0.1) is 0 Å². The van der Waals surface area contributed by atoms with Crippen molar-refractivity contribution in [3.05, 3.63) is 29.0 Å². The third-order valence-electron chi connectivity index (χ3n) is 2.53. The van der Waals surface area contributed by atoms with E-state index in [0.717, 1.165) is 6.07 Å². The molecule has 0 spiro atoms. The Morgan fingerprint density at radius 1 is 1.47 bits per heavy atom. The fourth-order valence-electron chi connectivity index (χ4n) is 1.37. The van der Waals surface area contributed by atoms with Crippen LogP contribution in [0.1, 0.15) is 13.3 Å². The SMILES string of the molecule is CCC(CNC(=O)Nc1ccc(F)c(Cl)c1)C(=O)O. The van der Waals surface area contributed by atoms with Crippen LogP contribution >= 0.6 is 11.6 Å². The van der Waals surface area contributed by atoms with Crippen LogP contribution in [0.5, 0.6) is 0 Å². The number of carboxylic acid groups (broad SMARTS) is 1. The number of rotatable bonds is 5. The number of aliphatic carboxylic acids is 1. The minimum atomic E-state index is -0.965. The van der Waals surface area contributed by atoms with E-state index in [1.807, 2.05) is 0 Å². The van der Waals surface area contributed by atoms with Crippen molar-refractivity contribution in [1.82, 2.24) is 5.32 Å². The van der Waals surface area contributed by atoms with Gasteiger partial charge >= 0.3 is 12.0 Å². The highest BCUT2D eigenvalue weighted by Gasteiger charge is 2.15. The largest absolute Gasteiger partial charge is 0.481 e. The van der Waals surface area contributed by atoms with Gasteiger partial charge < -0.3 is 15.7 Å². The fraction of sp³-hybridized carbons (Fsp3) is 0.333. The molecule has 5 nitrogen and oxygen atoms in total. The molecule has 0 aromatic heterocycles. The minimum absolute atomic E-state index is 0.0204. The van der Waals surface area contributed by atoms with E-state index >= 15 is 0 Å². The number of anilines is 1. The Bertz CT molecular complexity index is 482. The number of hydrogen-bond acceptors (Lipinski definition) is 2. The summed E-state index contributed by atoms with van der Waals surface area (Å²) in [6.07, 6.45) is 0.415. The van der Waals surface area contributed by atoms with Crippen LogP contribution in [0.3, 0.4) is 0 Å². The molecule has 0 aliphatic heterocycles. The fourth-order valence-corrected chi connectivity index (χ4v) is 1.55. The molecular formula is C12H14ClFN2O3. The van der Waals surface area contributed by atoms with Gasteiger partial charge in [0.2, 0.25) is 0 Å². The highest BCUT2D eigenvalue weighted by molar-refractivity contribution is 6.31. The van der Waals surface area contributed by atoms with Gasteiger partial charge in [0.25, 0.3) is 0 Å². The van der Waals surface area contributed by atoms with Crippen molar-refractivity contribution in [3.63, 3.8) is 0 Å². The summed E-state index contributed by atoms with van der Waals surface area (Å²) < 4.78 is 12.9. The van der Waals surface area contributed by atoms with Crippen LogP contribution < -0.4 is 10.6 Å². The first-order valence-corrected chi connectivity index (χ1v) is 6.04. The van der Waals surface area contributed by atoms with E-state index in [4.69, 9.17) is 16.7 Å². The Morgan fingerprint density at radius 3 is 2.68 bits per heavy atom. The topological polar surface area (TPSA) is 78.4 Å². The van der Waals surface area contributed by atoms with Crippen molar-refractivity contribution < 1.29 is 19.1 Å². The van der Waals surface area contributed by atoms with Crippen molar-refractivity contribution in [2.24, 2.45) is 5.92 Å². The second-order valence-electron chi connectivity index (χ2n) is 3.91. The van der Waals surface area contributed by atoms with Gasteiger partial charge in [-0.05, 0) is 24.6 Å². The first-order valence-electron chi connectivity index (χ1n) is 5.66. The molecule has 1 aromatic carbocycles. The van der Waals surface area contributed by atoms with Crippen LogP contribution in [0.2, 0.25) is 5.02 Å². The monoisotopic (exact) mass is 288 g/mol. The van der Waals surface area contributed by atoms with Gasteiger partial charge in [0, 0.05) is 12.2 Å². The van der Waals surface area contributed by atoms with E-state index in [0.29, 0.717) is 12.1 Å². The Balaban J connectivity index is 2.51. The molecule has 7 heteroatoms. The number of benzene rings is 1. The Labute approximate surface area is 114 Å². The second kappa shape index (κ2) is 6.94. The Hall–Kier alpha value is -1.82. The molecule has 2 amide bonds. The van der Waals surface area contributed by atoms with Crippen molar-refractivity contribution in [1.29, 1.82) is 0 Å². The number of hydrogen-bond donors (Lipinski definition) is 3. The third kappa shape index (κ3) is 4.75. The maximum absolute atomic E-state index is 12.9. The average Bonchev–Trinajstić information content (AvgIpc) is 2.34.